The van der Waals surface area contributed by atoms with E-state index < -0.39 is 11.9 Å². The molecule has 1 aromatic rings. The Morgan fingerprint density at radius 2 is 2.37 bits per heavy atom. The zero-order valence-corrected chi connectivity index (χ0v) is 10.4. The van der Waals surface area contributed by atoms with E-state index in [0.29, 0.717) is 0 Å². The lowest BCUT2D eigenvalue weighted by molar-refractivity contribution is -0.114. The number of nitriles is 1. The molecule has 0 aliphatic heterocycles. The van der Waals surface area contributed by atoms with Crippen LogP contribution in [0.2, 0.25) is 0 Å². The SMILES string of the molecule is CCOC(=O)c1[nH]cnc1N/N=C(/C#N)C(=O)NC. The average molecular weight is 264 g/mol. The first-order valence-corrected chi connectivity index (χ1v) is 5.30. The van der Waals surface area contributed by atoms with Gasteiger partial charge in [-0.25, -0.2) is 9.78 Å². The predicted molar refractivity (Wildman–Crippen MR) is 65.3 cm³/mol. The maximum Gasteiger partial charge on any atom is 0.358 e. The number of anilines is 1. The third-order valence-corrected chi connectivity index (χ3v) is 1.94. The minimum absolute atomic E-state index is 0.0554. The zero-order chi connectivity index (χ0) is 14.3. The molecule has 0 spiro atoms. The Morgan fingerprint density at radius 3 is 2.95 bits per heavy atom. The number of nitrogens with zero attached hydrogens (tertiary/aromatic N) is 3. The van der Waals surface area contributed by atoms with Crippen LogP contribution < -0.4 is 10.7 Å². The molecule has 0 aliphatic rings. The first-order valence-electron chi connectivity index (χ1n) is 5.30. The number of rotatable bonds is 5. The number of hydrazone groups is 1. The van der Waals surface area contributed by atoms with E-state index in [0.717, 1.165) is 0 Å². The molecule has 0 radical (unpaired) electrons. The fraction of sp³-hybridized carbons (Fsp3) is 0.300. The van der Waals surface area contributed by atoms with Crippen molar-refractivity contribution < 1.29 is 14.3 Å². The third kappa shape index (κ3) is 3.53. The van der Waals surface area contributed by atoms with Crippen molar-refractivity contribution in [3.05, 3.63) is 12.0 Å². The second-order valence-electron chi connectivity index (χ2n) is 3.11. The Bertz CT molecular complexity index is 542. The van der Waals surface area contributed by atoms with Crippen molar-refractivity contribution in [1.29, 1.82) is 5.26 Å². The summed E-state index contributed by atoms with van der Waals surface area (Å²) in [6.07, 6.45) is 1.26. The molecule has 0 fully saturated rings. The molecule has 0 saturated carbocycles. The van der Waals surface area contributed by atoms with Crippen LogP contribution in [0.25, 0.3) is 0 Å². The number of H-pyrrole nitrogens is 1. The number of carbonyl (C=O) groups is 2. The molecule has 1 aromatic heterocycles. The van der Waals surface area contributed by atoms with E-state index in [4.69, 9.17) is 10.00 Å². The fourth-order valence-corrected chi connectivity index (χ4v) is 1.09. The number of nitrogens with one attached hydrogen (secondary N) is 3. The normalized spacial score (nSPS) is 10.5. The van der Waals surface area contributed by atoms with Crippen molar-refractivity contribution in [2.45, 2.75) is 6.92 Å². The predicted octanol–water partition coefficient (Wildman–Crippen LogP) is -0.376. The molecule has 9 heteroatoms. The van der Waals surface area contributed by atoms with Crippen molar-refractivity contribution in [3.8, 4) is 6.07 Å². The number of esters is 1. The van der Waals surface area contributed by atoms with Crippen molar-refractivity contribution in [3.63, 3.8) is 0 Å². The van der Waals surface area contributed by atoms with Crippen LogP contribution in [-0.4, -0.2) is 41.2 Å². The van der Waals surface area contributed by atoms with Crippen LogP contribution in [0.1, 0.15) is 17.4 Å². The van der Waals surface area contributed by atoms with Crippen LogP contribution >= 0.6 is 0 Å². The maximum atomic E-state index is 11.5. The highest BCUT2D eigenvalue weighted by atomic mass is 16.5. The molecule has 0 saturated heterocycles. The van der Waals surface area contributed by atoms with Crippen LogP contribution in [0.4, 0.5) is 5.82 Å². The van der Waals surface area contributed by atoms with Gasteiger partial charge in [0.2, 0.25) is 5.71 Å². The van der Waals surface area contributed by atoms with Gasteiger partial charge in [0.1, 0.15) is 6.07 Å². The van der Waals surface area contributed by atoms with Gasteiger partial charge in [-0.2, -0.15) is 10.4 Å². The van der Waals surface area contributed by atoms with Gasteiger partial charge in [-0.05, 0) is 6.92 Å². The standard InChI is InChI=1S/C10H12N6O3/c1-3-19-10(18)7-8(14-5-13-7)16-15-6(4-11)9(17)12-2/h5,16H,3H2,1-2H3,(H,12,17)(H,13,14)/b15-6-. The fourth-order valence-electron chi connectivity index (χ4n) is 1.09. The van der Waals surface area contributed by atoms with Gasteiger partial charge in [0.25, 0.3) is 5.91 Å². The highest BCUT2D eigenvalue weighted by molar-refractivity contribution is 6.45. The molecule has 1 rings (SSSR count). The molecule has 0 unspecified atom stereocenters. The number of aromatic nitrogens is 2. The maximum absolute atomic E-state index is 11.5. The lowest BCUT2D eigenvalue weighted by Crippen LogP contribution is -2.27. The van der Waals surface area contributed by atoms with Gasteiger partial charge in [-0.1, -0.05) is 0 Å². The molecular formula is C10H12N6O3. The van der Waals surface area contributed by atoms with E-state index in [1.54, 1.807) is 13.0 Å². The van der Waals surface area contributed by atoms with E-state index in [9.17, 15) is 9.59 Å². The van der Waals surface area contributed by atoms with Crippen LogP contribution in [0.3, 0.4) is 0 Å². The molecular weight excluding hydrogens is 252 g/mol. The van der Waals surface area contributed by atoms with Gasteiger partial charge in [0.05, 0.1) is 12.9 Å². The number of hydrogen-bond acceptors (Lipinski definition) is 7. The van der Waals surface area contributed by atoms with Crippen LogP contribution in [-0.2, 0) is 9.53 Å². The van der Waals surface area contributed by atoms with Gasteiger partial charge < -0.3 is 15.0 Å². The van der Waals surface area contributed by atoms with Crippen molar-refractivity contribution in [2.24, 2.45) is 5.10 Å². The molecule has 9 nitrogen and oxygen atoms in total. The third-order valence-electron chi connectivity index (χ3n) is 1.94. The first kappa shape index (κ1) is 14.2. The Morgan fingerprint density at radius 1 is 1.63 bits per heavy atom. The monoisotopic (exact) mass is 264 g/mol. The Labute approximate surface area is 108 Å². The smallest absolute Gasteiger partial charge is 0.358 e. The lowest BCUT2D eigenvalue weighted by Gasteiger charge is -2.02. The van der Waals surface area contributed by atoms with Crippen molar-refractivity contribution in [2.75, 3.05) is 19.1 Å². The summed E-state index contributed by atoms with van der Waals surface area (Å²) in [5.41, 5.74) is 2.03. The second kappa shape index (κ2) is 6.75. The number of aromatic amines is 1. The van der Waals surface area contributed by atoms with Gasteiger partial charge in [-0.3, -0.25) is 10.2 Å². The van der Waals surface area contributed by atoms with Crippen molar-refractivity contribution in [1.82, 2.24) is 15.3 Å². The molecule has 0 bridgehead atoms. The van der Waals surface area contributed by atoms with E-state index in [2.05, 4.69) is 25.8 Å². The van der Waals surface area contributed by atoms with Crippen LogP contribution in [0.15, 0.2) is 11.4 Å². The van der Waals surface area contributed by atoms with Crippen LogP contribution in [0, 0.1) is 11.3 Å². The number of imidazole rings is 1. The highest BCUT2D eigenvalue weighted by Gasteiger charge is 2.16. The quantitative estimate of drug-likeness (QED) is 0.377. The molecule has 1 amide bonds. The Balaban J connectivity index is 2.87. The summed E-state index contributed by atoms with van der Waals surface area (Å²) in [5, 5.41) is 14.5. The summed E-state index contributed by atoms with van der Waals surface area (Å²) < 4.78 is 4.79. The summed E-state index contributed by atoms with van der Waals surface area (Å²) in [5.74, 6) is -1.20. The zero-order valence-electron chi connectivity index (χ0n) is 10.4. The Hall–Kier alpha value is -2.89. The van der Waals surface area contributed by atoms with E-state index in [1.807, 2.05) is 0 Å². The number of ether oxygens (including phenoxy) is 1. The molecule has 0 aromatic carbocycles. The summed E-state index contributed by atoms with van der Waals surface area (Å²) in [4.78, 5) is 29.1. The summed E-state index contributed by atoms with van der Waals surface area (Å²) in [7, 11) is 1.37. The minimum Gasteiger partial charge on any atom is -0.461 e. The summed E-state index contributed by atoms with van der Waals surface area (Å²) in [6.45, 7) is 1.88. The molecule has 19 heavy (non-hydrogen) atoms. The van der Waals surface area contributed by atoms with Gasteiger partial charge >= 0.3 is 5.97 Å². The summed E-state index contributed by atoms with van der Waals surface area (Å²) >= 11 is 0. The van der Waals surface area contributed by atoms with E-state index in [-0.39, 0.29) is 23.8 Å². The lowest BCUT2D eigenvalue weighted by atomic mass is 10.4. The van der Waals surface area contributed by atoms with Gasteiger partial charge in [0.15, 0.2) is 11.5 Å². The van der Waals surface area contributed by atoms with Gasteiger partial charge in [0, 0.05) is 7.05 Å². The second-order valence-corrected chi connectivity index (χ2v) is 3.11. The van der Waals surface area contributed by atoms with Crippen LogP contribution in [0.5, 0.6) is 0 Å². The largest absolute Gasteiger partial charge is 0.461 e. The van der Waals surface area contributed by atoms with E-state index >= 15 is 0 Å². The molecule has 3 N–H and O–H groups in total. The average Bonchev–Trinajstić information content (AvgIpc) is 2.87. The number of hydrogen-bond donors (Lipinski definition) is 3. The Kier molecular flexibility index (Phi) is 5.04. The number of carbonyl (C=O) groups excluding carboxylic acids is 2. The molecule has 0 atom stereocenters. The first-order chi connectivity index (χ1) is 9.13. The van der Waals surface area contributed by atoms with E-state index in [1.165, 1.54) is 13.4 Å². The molecule has 100 valence electrons. The summed E-state index contributed by atoms with van der Waals surface area (Å²) in [6, 6.07) is 1.61. The number of amides is 1. The highest BCUT2D eigenvalue weighted by Crippen LogP contribution is 2.10. The molecule has 0 aliphatic carbocycles. The minimum atomic E-state index is -0.650. The topological polar surface area (TPSA) is 132 Å². The van der Waals surface area contributed by atoms with Gasteiger partial charge in [-0.15, -0.1) is 0 Å². The molecule has 1 heterocycles. The van der Waals surface area contributed by atoms with Crippen molar-refractivity contribution >= 4 is 23.4 Å².